The van der Waals surface area contributed by atoms with Crippen molar-refractivity contribution in [2.24, 2.45) is 0 Å². The molecule has 5 nitrogen and oxygen atoms in total. The zero-order valence-corrected chi connectivity index (χ0v) is 18.0. The van der Waals surface area contributed by atoms with Crippen LogP contribution < -0.4 is 15.1 Å². The van der Waals surface area contributed by atoms with E-state index in [-0.39, 0.29) is 17.9 Å². The van der Waals surface area contributed by atoms with Crippen molar-refractivity contribution in [1.82, 2.24) is 5.32 Å². The van der Waals surface area contributed by atoms with Crippen LogP contribution in [0.3, 0.4) is 0 Å². The number of piperidine rings is 1. The molecule has 4 rings (SSSR count). The molecule has 2 fully saturated rings. The smallest absolute Gasteiger partial charge is 0.227 e. The molecule has 0 aromatic heterocycles. The monoisotopic (exact) mass is 426 g/mol. The van der Waals surface area contributed by atoms with Crippen LogP contribution in [0.15, 0.2) is 48.5 Å². The van der Waals surface area contributed by atoms with E-state index in [1.54, 1.807) is 4.90 Å². The Labute approximate surface area is 183 Å². The summed E-state index contributed by atoms with van der Waals surface area (Å²) in [7, 11) is 0. The van der Waals surface area contributed by atoms with Gasteiger partial charge in [0.15, 0.2) is 0 Å². The van der Waals surface area contributed by atoms with Crippen LogP contribution in [0.1, 0.15) is 36.8 Å². The van der Waals surface area contributed by atoms with E-state index in [1.807, 2.05) is 41.3 Å². The molecule has 2 amide bonds. The van der Waals surface area contributed by atoms with Crippen LogP contribution in [0.4, 0.5) is 5.69 Å². The lowest BCUT2D eigenvalue weighted by Gasteiger charge is -2.30. The molecule has 2 aliphatic rings. The number of hydrogen-bond acceptors (Lipinski definition) is 2. The maximum atomic E-state index is 12.5. The van der Waals surface area contributed by atoms with Crippen LogP contribution >= 0.6 is 11.6 Å². The summed E-state index contributed by atoms with van der Waals surface area (Å²) in [6.45, 7) is 3.92. The second-order valence-electron chi connectivity index (χ2n) is 8.39. The molecule has 0 saturated carbocycles. The molecule has 2 N–H and O–H groups in total. The Balaban J connectivity index is 1.21. The average molecular weight is 427 g/mol. The first kappa shape index (κ1) is 20.9. The molecular formula is C24H29ClN3O2+. The third kappa shape index (κ3) is 5.41. The van der Waals surface area contributed by atoms with Crippen molar-refractivity contribution in [3.8, 4) is 0 Å². The van der Waals surface area contributed by atoms with Crippen LogP contribution in [-0.4, -0.2) is 37.5 Å². The van der Waals surface area contributed by atoms with Crippen molar-refractivity contribution in [2.75, 3.05) is 24.5 Å². The highest BCUT2D eigenvalue weighted by Crippen LogP contribution is 2.21. The first-order valence-electron chi connectivity index (χ1n) is 10.8. The van der Waals surface area contributed by atoms with Crippen LogP contribution in [0.25, 0.3) is 0 Å². The number of benzene rings is 2. The number of hydrogen-bond donors (Lipinski definition) is 2. The van der Waals surface area contributed by atoms with Crippen molar-refractivity contribution in [1.29, 1.82) is 0 Å². The number of carbonyl (C=O) groups is 2. The molecule has 2 aliphatic heterocycles. The SMILES string of the molecule is O=C(Cc1ccc(N2CCCC2=O)cc1)NC1CC[NH+](Cc2ccc(Cl)cc2)CC1. The lowest BCUT2D eigenvalue weighted by atomic mass is 10.0. The molecule has 2 aromatic carbocycles. The summed E-state index contributed by atoms with van der Waals surface area (Å²) in [5.41, 5.74) is 3.21. The number of nitrogens with one attached hydrogen (secondary N) is 2. The number of halogens is 1. The average Bonchev–Trinajstić information content (AvgIpc) is 3.17. The molecule has 2 aromatic rings. The molecule has 6 heteroatoms. The van der Waals surface area contributed by atoms with Crippen molar-refractivity contribution in [3.63, 3.8) is 0 Å². The number of amides is 2. The highest BCUT2D eigenvalue weighted by Gasteiger charge is 2.24. The summed E-state index contributed by atoms with van der Waals surface area (Å²) in [5.74, 6) is 0.260. The van der Waals surface area contributed by atoms with Gasteiger partial charge in [-0.15, -0.1) is 0 Å². The van der Waals surface area contributed by atoms with Crippen molar-refractivity contribution < 1.29 is 14.5 Å². The van der Waals surface area contributed by atoms with Gasteiger partial charge in [0.05, 0.1) is 19.5 Å². The van der Waals surface area contributed by atoms with E-state index in [1.165, 1.54) is 5.56 Å². The molecule has 0 aliphatic carbocycles. The molecule has 2 heterocycles. The second-order valence-corrected chi connectivity index (χ2v) is 8.82. The van der Waals surface area contributed by atoms with E-state index in [0.717, 1.165) is 61.7 Å². The van der Waals surface area contributed by atoms with Gasteiger partial charge in [-0.3, -0.25) is 9.59 Å². The van der Waals surface area contributed by atoms with E-state index in [4.69, 9.17) is 11.6 Å². The van der Waals surface area contributed by atoms with Gasteiger partial charge in [0, 0.05) is 48.1 Å². The third-order valence-corrected chi connectivity index (χ3v) is 6.36. The quantitative estimate of drug-likeness (QED) is 0.745. The van der Waals surface area contributed by atoms with Gasteiger partial charge in [-0.1, -0.05) is 35.9 Å². The van der Waals surface area contributed by atoms with Gasteiger partial charge < -0.3 is 15.1 Å². The summed E-state index contributed by atoms with van der Waals surface area (Å²) < 4.78 is 0. The number of carbonyl (C=O) groups excluding carboxylic acids is 2. The van der Waals surface area contributed by atoms with Gasteiger partial charge in [0.25, 0.3) is 0 Å². The van der Waals surface area contributed by atoms with Crippen LogP contribution in [-0.2, 0) is 22.6 Å². The predicted octanol–water partition coefficient (Wildman–Crippen LogP) is 2.37. The van der Waals surface area contributed by atoms with Crippen molar-refractivity contribution in [3.05, 3.63) is 64.7 Å². The van der Waals surface area contributed by atoms with E-state index < -0.39 is 0 Å². The first-order valence-corrected chi connectivity index (χ1v) is 11.2. The Morgan fingerprint density at radius 1 is 1.03 bits per heavy atom. The molecule has 0 bridgehead atoms. The summed E-state index contributed by atoms with van der Waals surface area (Å²) in [4.78, 5) is 27.7. The molecule has 0 unspecified atom stereocenters. The minimum atomic E-state index is 0.0751. The summed E-state index contributed by atoms with van der Waals surface area (Å²) in [5, 5.41) is 3.97. The van der Waals surface area contributed by atoms with Crippen molar-refractivity contribution >= 4 is 29.1 Å². The number of rotatable bonds is 6. The van der Waals surface area contributed by atoms with Crippen LogP contribution in [0, 0.1) is 0 Å². The Morgan fingerprint density at radius 2 is 1.70 bits per heavy atom. The topological polar surface area (TPSA) is 53.9 Å². The molecule has 30 heavy (non-hydrogen) atoms. The second kappa shape index (κ2) is 9.63. The number of quaternary nitrogens is 1. The van der Waals surface area contributed by atoms with Gasteiger partial charge in [0.1, 0.15) is 6.54 Å². The summed E-state index contributed by atoms with van der Waals surface area (Å²) in [6, 6.07) is 16.1. The van der Waals surface area contributed by atoms with Gasteiger partial charge >= 0.3 is 0 Å². The molecular weight excluding hydrogens is 398 g/mol. The lowest BCUT2D eigenvalue weighted by molar-refractivity contribution is -0.918. The zero-order valence-electron chi connectivity index (χ0n) is 17.2. The zero-order chi connectivity index (χ0) is 20.9. The Kier molecular flexibility index (Phi) is 6.70. The maximum Gasteiger partial charge on any atom is 0.227 e. The minimum absolute atomic E-state index is 0.0751. The van der Waals surface area contributed by atoms with E-state index >= 15 is 0 Å². The number of anilines is 1. The van der Waals surface area contributed by atoms with E-state index in [2.05, 4.69) is 17.4 Å². The number of nitrogens with zero attached hydrogens (tertiary/aromatic N) is 1. The minimum Gasteiger partial charge on any atom is -0.353 e. The van der Waals surface area contributed by atoms with Gasteiger partial charge in [-0.2, -0.15) is 0 Å². The van der Waals surface area contributed by atoms with E-state index in [0.29, 0.717) is 12.8 Å². The van der Waals surface area contributed by atoms with Gasteiger partial charge in [-0.25, -0.2) is 0 Å². The predicted molar refractivity (Wildman–Crippen MR) is 119 cm³/mol. The highest BCUT2D eigenvalue weighted by atomic mass is 35.5. The van der Waals surface area contributed by atoms with E-state index in [9.17, 15) is 9.59 Å². The Bertz CT molecular complexity index is 874. The Morgan fingerprint density at radius 3 is 2.33 bits per heavy atom. The summed E-state index contributed by atoms with van der Waals surface area (Å²) >= 11 is 5.96. The Hall–Kier alpha value is -2.37. The fourth-order valence-electron chi connectivity index (χ4n) is 4.42. The standard InChI is InChI=1S/C24H28ClN3O2/c25-20-7-3-19(4-8-20)17-27-14-11-21(12-15-27)26-23(29)16-18-5-9-22(10-6-18)28-13-1-2-24(28)30/h3-10,21H,1-2,11-17H2,(H,26,29)/p+1. The fraction of sp³-hybridized carbons (Fsp3) is 0.417. The molecule has 0 spiro atoms. The largest absolute Gasteiger partial charge is 0.353 e. The van der Waals surface area contributed by atoms with Crippen LogP contribution in [0.5, 0.6) is 0 Å². The van der Waals surface area contributed by atoms with Gasteiger partial charge in [-0.05, 0) is 36.2 Å². The third-order valence-electron chi connectivity index (χ3n) is 6.11. The molecule has 0 atom stereocenters. The highest BCUT2D eigenvalue weighted by molar-refractivity contribution is 6.30. The van der Waals surface area contributed by atoms with Crippen LogP contribution in [0.2, 0.25) is 5.02 Å². The first-order chi connectivity index (χ1) is 14.6. The van der Waals surface area contributed by atoms with Crippen molar-refractivity contribution in [2.45, 2.75) is 44.7 Å². The normalized spacial score (nSPS) is 21.6. The molecule has 2 saturated heterocycles. The fourth-order valence-corrected chi connectivity index (χ4v) is 4.54. The molecule has 0 radical (unpaired) electrons. The van der Waals surface area contributed by atoms with Gasteiger partial charge in [0.2, 0.25) is 11.8 Å². The number of likely N-dealkylation sites (tertiary alicyclic amines) is 1. The maximum absolute atomic E-state index is 12.5. The summed E-state index contributed by atoms with van der Waals surface area (Å²) in [6.07, 6.45) is 3.94. The lowest BCUT2D eigenvalue weighted by Crippen LogP contribution is -3.12. The molecule has 158 valence electrons.